The van der Waals surface area contributed by atoms with E-state index >= 15 is 0 Å². The average Bonchev–Trinajstić information content (AvgIpc) is 3.11. The van der Waals surface area contributed by atoms with Crippen LogP contribution in [0.5, 0.6) is 0 Å². The Bertz CT molecular complexity index is 847. The van der Waals surface area contributed by atoms with Crippen molar-refractivity contribution in [1.82, 2.24) is 9.97 Å². The van der Waals surface area contributed by atoms with Crippen LogP contribution in [0, 0.1) is 34.5 Å². The van der Waals surface area contributed by atoms with Crippen molar-refractivity contribution in [3.8, 4) is 12.1 Å². The summed E-state index contributed by atoms with van der Waals surface area (Å²) in [5.74, 6) is 1.09. The van der Waals surface area contributed by atoms with Crippen LogP contribution < -0.4 is 5.32 Å². The van der Waals surface area contributed by atoms with Gasteiger partial charge in [0.25, 0.3) is 0 Å². The van der Waals surface area contributed by atoms with E-state index in [-0.39, 0.29) is 6.10 Å². The molecule has 6 heteroatoms. The minimum absolute atomic E-state index is 0.261. The van der Waals surface area contributed by atoms with Crippen molar-refractivity contribution in [3.05, 3.63) is 24.0 Å². The Kier molecular flexibility index (Phi) is 4.77. The third-order valence-electron chi connectivity index (χ3n) is 5.88. The molecule has 2 N–H and O–H groups in total. The first kappa shape index (κ1) is 16.9. The number of nitrogens with zero attached hydrogens (tertiary/aromatic N) is 3. The van der Waals surface area contributed by atoms with Crippen LogP contribution in [0.3, 0.4) is 0 Å². The molecule has 4 rings (SSSR count). The largest absolute Gasteiger partial charge is 0.380 e. The monoisotopic (exact) mass is 349 g/mol. The van der Waals surface area contributed by atoms with Gasteiger partial charge in [-0.05, 0) is 43.6 Å². The first-order chi connectivity index (χ1) is 12.8. The topological polar surface area (TPSA) is 97.5 Å². The van der Waals surface area contributed by atoms with Crippen LogP contribution in [0.4, 0.5) is 5.69 Å². The predicted octanol–water partition coefficient (Wildman–Crippen LogP) is 3.72. The van der Waals surface area contributed by atoms with Crippen LogP contribution >= 0.6 is 0 Å². The van der Waals surface area contributed by atoms with Gasteiger partial charge in [0.15, 0.2) is 0 Å². The molecule has 0 saturated heterocycles. The van der Waals surface area contributed by atoms with E-state index in [1.165, 1.54) is 19.3 Å². The number of aromatic amines is 1. The maximum absolute atomic E-state index is 9.52. The number of hydrogen-bond acceptors (Lipinski definition) is 5. The zero-order valence-corrected chi connectivity index (χ0v) is 14.7. The molecule has 2 aliphatic carbocycles. The number of nitrogens with one attached hydrogen (secondary N) is 2. The second-order valence-electron chi connectivity index (χ2n) is 7.39. The molecule has 2 aromatic heterocycles. The van der Waals surface area contributed by atoms with E-state index < -0.39 is 0 Å². The Morgan fingerprint density at radius 3 is 2.81 bits per heavy atom. The normalized spacial score (nSPS) is 27.6. The van der Waals surface area contributed by atoms with Crippen molar-refractivity contribution in [2.24, 2.45) is 11.8 Å². The summed E-state index contributed by atoms with van der Waals surface area (Å²) in [6, 6.07) is 6.78. The molecule has 4 atom stereocenters. The lowest BCUT2D eigenvalue weighted by molar-refractivity contribution is -0.0208. The molecular formula is C20H23N5O. The number of nitriles is 2. The second kappa shape index (κ2) is 7.35. The quantitative estimate of drug-likeness (QED) is 0.802. The van der Waals surface area contributed by atoms with Crippen LogP contribution in [0.25, 0.3) is 11.0 Å². The number of ether oxygens (including phenoxy) is 1. The Hall–Kier alpha value is -2.57. The number of hydrogen-bond donors (Lipinski definition) is 2. The summed E-state index contributed by atoms with van der Waals surface area (Å²) in [6.07, 6.45) is 9.94. The number of pyridine rings is 1. The summed E-state index contributed by atoms with van der Waals surface area (Å²) in [6.45, 7) is 0.533. The van der Waals surface area contributed by atoms with E-state index in [1.54, 1.807) is 6.20 Å². The molecule has 2 bridgehead atoms. The lowest BCUT2D eigenvalue weighted by Crippen LogP contribution is -2.47. The van der Waals surface area contributed by atoms with Crippen molar-refractivity contribution in [2.45, 2.75) is 50.7 Å². The lowest BCUT2D eigenvalue weighted by atomic mass is 9.67. The number of H-pyrrole nitrogens is 1. The number of fused-ring (bicyclic) bond motifs is 3. The standard InChI is InChI=1S/C20H23N5O/c21-6-2-8-26-16-9-13-3-1-4-14(10-16)18(13)25-19-15(11-22)12-24-20-17(19)5-7-23-20/h5,7,12-14,16,18H,1-4,8-10H2,(H2,23,24,25)/t13-,14+,16?,18-. The van der Waals surface area contributed by atoms with E-state index in [4.69, 9.17) is 10.00 Å². The molecule has 0 amide bonds. The van der Waals surface area contributed by atoms with Crippen molar-refractivity contribution in [3.63, 3.8) is 0 Å². The van der Waals surface area contributed by atoms with Crippen LogP contribution in [-0.2, 0) is 4.74 Å². The summed E-state index contributed by atoms with van der Waals surface area (Å²) in [5.41, 5.74) is 2.32. The van der Waals surface area contributed by atoms with Gasteiger partial charge in [-0.3, -0.25) is 0 Å². The molecular weight excluding hydrogens is 326 g/mol. The minimum atomic E-state index is 0.261. The van der Waals surface area contributed by atoms with Gasteiger partial charge < -0.3 is 15.0 Å². The zero-order valence-electron chi connectivity index (χ0n) is 14.7. The first-order valence-electron chi connectivity index (χ1n) is 9.41. The molecule has 2 saturated carbocycles. The Morgan fingerprint density at radius 2 is 2.08 bits per heavy atom. The Morgan fingerprint density at radius 1 is 1.27 bits per heavy atom. The molecule has 2 aromatic rings. The van der Waals surface area contributed by atoms with Crippen molar-refractivity contribution in [2.75, 3.05) is 11.9 Å². The second-order valence-corrected chi connectivity index (χ2v) is 7.39. The molecule has 2 heterocycles. The maximum atomic E-state index is 9.52. The molecule has 134 valence electrons. The van der Waals surface area contributed by atoms with Crippen molar-refractivity contribution >= 4 is 16.7 Å². The van der Waals surface area contributed by atoms with Crippen LogP contribution in [0.15, 0.2) is 18.5 Å². The SMILES string of the molecule is N#CCCOC1C[C@H]2CCC[C@@H](C1)[C@@H]2Nc1c(C#N)cnc2[nH]ccc12. The fourth-order valence-electron chi connectivity index (χ4n) is 4.74. The van der Waals surface area contributed by atoms with Gasteiger partial charge in [-0.25, -0.2) is 4.98 Å². The summed E-state index contributed by atoms with van der Waals surface area (Å²) >= 11 is 0. The van der Waals surface area contributed by atoms with Crippen molar-refractivity contribution < 1.29 is 4.74 Å². The molecule has 0 aromatic carbocycles. The Labute approximate surface area is 153 Å². The van der Waals surface area contributed by atoms with Crippen LogP contribution in [0.1, 0.15) is 44.1 Å². The third kappa shape index (κ3) is 3.13. The molecule has 1 unspecified atom stereocenters. The van der Waals surface area contributed by atoms with E-state index in [0.29, 0.717) is 36.5 Å². The van der Waals surface area contributed by atoms with Crippen LogP contribution in [-0.4, -0.2) is 28.7 Å². The highest BCUT2D eigenvalue weighted by atomic mass is 16.5. The highest BCUT2D eigenvalue weighted by molar-refractivity contribution is 5.92. The summed E-state index contributed by atoms with van der Waals surface area (Å²) in [4.78, 5) is 7.46. The van der Waals surface area contributed by atoms with Gasteiger partial charge >= 0.3 is 0 Å². The lowest BCUT2D eigenvalue weighted by Gasteiger charge is -2.46. The van der Waals surface area contributed by atoms with E-state index in [2.05, 4.69) is 27.4 Å². The van der Waals surface area contributed by atoms with E-state index in [1.807, 2.05) is 12.3 Å². The maximum Gasteiger partial charge on any atom is 0.139 e. The third-order valence-corrected chi connectivity index (χ3v) is 5.88. The molecule has 2 aliphatic rings. The number of anilines is 1. The molecule has 6 nitrogen and oxygen atoms in total. The van der Waals surface area contributed by atoms with Gasteiger partial charge in [0.05, 0.1) is 36.5 Å². The highest BCUT2D eigenvalue weighted by Crippen LogP contribution is 2.43. The molecule has 0 aliphatic heterocycles. The van der Waals surface area contributed by atoms with Gasteiger partial charge in [-0.15, -0.1) is 0 Å². The van der Waals surface area contributed by atoms with Gasteiger partial charge in [0.1, 0.15) is 11.7 Å². The fourth-order valence-corrected chi connectivity index (χ4v) is 4.74. The zero-order chi connectivity index (χ0) is 17.9. The average molecular weight is 349 g/mol. The number of aromatic nitrogens is 2. The van der Waals surface area contributed by atoms with Gasteiger partial charge in [0, 0.05) is 23.8 Å². The smallest absolute Gasteiger partial charge is 0.139 e. The Balaban J connectivity index is 1.55. The summed E-state index contributed by atoms with van der Waals surface area (Å²) < 4.78 is 5.94. The van der Waals surface area contributed by atoms with E-state index in [0.717, 1.165) is 29.6 Å². The number of rotatable bonds is 5. The summed E-state index contributed by atoms with van der Waals surface area (Å²) in [5, 5.41) is 22.9. The van der Waals surface area contributed by atoms with Crippen LogP contribution in [0.2, 0.25) is 0 Å². The molecule has 26 heavy (non-hydrogen) atoms. The van der Waals surface area contributed by atoms with Gasteiger partial charge in [0.2, 0.25) is 0 Å². The van der Waals surface area contributed by atoms with Gasteiger partial charge in [-0.1, -0.05) is 6.42 Å². The highest BCUT2D eigenvalue weighted by Gasteiger charge is 2.41. The predicted molar refractivity (Wildman–Crippen MR) is 98.3 cm³/mol. The fraction of sp³-hybridized carbons (Fsp3) is 0.550. The van der Waals surface area contributed by atoms with Crippen molar-refractivity contribution in [1.29, 1.82) is 10.5 Å². The van der Waals surface area contributed by atoms with Gasteiger partial charge in [-0.2, -0.15) is 10.5 Å². The molecule has 0 spiro atoms. The molecule has 2 fully saturated rings. The minimum Gasteiger partial charge on any atom is -0.380 e. The summed E-state index contributed by atoms with van der Waals surface area (Å²) in [7, 11) is 0. The first-order valence-corrected chi connectivity index (χ1v) is 9.41. The van der Waals surface area contributed by atoms with E-state index in [9.17, 15) is 5.26 Å². The molecule has 0 radical (unpaired) electrons.